The highest BCUT2D eigenvalue weighted by atomic mass is 79.9. The number of oxime groups is 1. The Labute approximate surface area is 89.4 Å². The lowest BCUT2D eigenvalue weighted by atomic mass is 10.2. The molecule has 0 aliphatic heterocycles. The summed E-state index contributed by atoms with van der Waals surface area (Å²) in [5, 5.41) is 3.34. The van der Waals surface area contributed by atoms with Crippen molar-refractivity contribution in [3.05, 3.63) is 22.7 Å². The molecule has 0 N–H and O–H groups in total. The van der Waals surface area contributed by atoms with Gasteiger partial charge in [-0.25, -0.2) is 0 Å². The fourth-order valence-corrected chi connectivity index (χ4v) is 1.32. The van der Waals surface area contributed by atoms with E-state index in [0.29, 0.717) is 4.48 Å². The van der Waals surface area contributed by atoms with Crippen LogP contribution in [-0.2, 0) is 19.2 Å². The molecule has 0 radical (unpaired) electrons. The zero-order valence-corrected chi connectivity index (χ0v) is 9.50. The van der Waals surface area contributed by atoms with Crippen LogP contribution in [0.5, 0.6) is 0 Å². The predicted molar refractivity (Wildman–Crippen MR) is 54.5 cm³/mol. The molecule has 76 valence electrons. The van der Waals surface area contributed by atoms with Crippen molar-refractivity contribution in [3.8, 4) is 0 Å². The number of carbonyl (C=O) groups excluding carboxylic acids is 1. The third-order valence-electron chi connectivity index (χ3n) is 1.19. The van der Waals surface area contributed by atoms with Crippen LogP contribution in [0.1, 0.15) is 0 Å². The van der Waals surface area contributed by atoms with Gasteiger partial charge in [-0.1, -0.05) is 5.16 Å². The largest absolute Gasteiger partial charge is 0.325 e. The van der Waals surface area contributed by atoms with Crippen molar-refractivity contribution in [2.24, 2.45) is 5.16 Å². The zero-order valence-electron chi connectivity index (χ0n) is 7.10. The number of ketones is 1. The Morgan fingerprint density at radius 3 is 2.57 bits per heavy atom. The molecule has 7 heteroatoms. The minimum atomic E-state index is -3.61. The van der Waals surface area contributed by atoms with Crippen molar-refractivity contribution in [3.63, 3.8) is 0 Å². The summed E-state index contributed by atoms with van der Waals surface area (Å²) in [6.07, 6.45) is 4.77. The van der Waals surface area contributed by atoms with E-state index in [9.17, 15) is 13.2 Å². The van der Waals surface area contributed by atoms with Crippen molar-refractivity contribution in [2.75, 3.05) is 6.26 Å². The van der Waals surface area contributed by atoms with E-state index < -0.39 is 10.1 Å². The van der Waals surface area contributed by atoms with E-state index in [2.05, 4.69) is 25.4 Å². The Hall–Kier alpha value is -0.950. The lowest BCUT2D eigenvalue weighted by Gasteiger charge is -2.02. The van der Waals surface area contributed by atoms with E-state index in [1.54, 1.807) is 0 Å². The summed E-state index contributed by atoms with van der Waals surface area (Å²) in [4.78, 5) is 10.8. The Morgan fingerprint density at radius 1 is 1.43 bits per heavy atom. The highest BCUT2D eigenvalue weighted by Gasteiger charge is 2.10. The molecule has 0 heterocycles. The monoisotopic (exact) mass is 279 g/mol. The van der Waals surface area contributed by atoms with Crippen molar-refractivity contribution < 1.29 is 17.5 Å². The molecule has 0 atom stereocenters. The molecule has 0 saturated carbocycles. The van der Waals surface area contributed by atoms with Crippen LogP contribution in [0.25, 0.3) is 0 Å². The Bertz CT molecular complexity index is 446. The summed E-state index contributed by atoms with van der Waals surface area (Å²) in [5.41, 5.74) is 0.245. The third-order valence-corrected chi connectivity index (χ3v) is 2.17. The fraction of sp³-hybridized carbons (Fsp3) is 0.143. The molecular formula is C7H6BrNO4S. The summed E-state index contributed by atoms with van der Waals surface area (Å²) >= 11 is 3.05. The quantitative estimate of drug-likeness (QED) is 0.552. The summed E-state index contributed by atoms with van der Waals surface area (Å²) in [5.74, 6) is -0.199. The molecule has 14 heavy (non-hydrogen) atoms. The summed E-state index contributed by atoms with van der Waals surface area (Å²) in [7, 11) is -3.61. The van der Waals surface area contributed by atoms with E-state index in [1.807, 2.05) is 0 Å². The minimum absolute atomic E-state index is 0.199. The van der Waals surface area contributed by atoms with Gasteiger partial charge in [-0.3, -0.25) is 9.08 Å². The maximum absolute atomic E-state index is 10.8. The molecule has 0 unspecified atom stereocenters. The van der Waals surface area contributed by atoms with Crippen LogP contribution in [0.2, 0.25) is 0 Å². The van der Waals surface area contributed by atoms with Gasteiger partial charge in [0.2, 0.25) is 0 Å². The SMILES string of the molecule is CS(=O)(=O)ON=C1C=CC(=O)C=C1Br. The maximum Gasteiger partial charge on any atom is 0.325 e. The molecule has 0 saturated heterocycles. The lowest BCUT2D eigenvalue weighted by Crippen LogP contribution is -2.06. The van der Waals surface area contributed by atoms with E-state index in [4.69, 9.17) is 0 Å². The first-order valence-corrected chi connectivity index (χ1v) is 6.06. The van der Waals surface area contributed by atoms with Crippen molar-refractivity contribution in [1.29, 1.82) is 0 Å². The van der Waals surface area contributed by atoms with Crippen LogP contribution in [-0.4, -0.2) is 26.2 Å². The lowest BCUT2D eigenvalue weighted by molar-refractivity contribution is -0.110. The van der Waals surface area contributed by atoms with Gasteiger partial charge in [-0.05, 0) is 28.1 Å². The van der Waals surface area contributed by atoms with Crippen LogP contribution in [0.4, 0.5) is 0 Å². The average molecular weight is 280 g/mol. The number of hydrogen-bond acceptors (Lipinski definition) is 5. The van der Waals surface area contributed by atoms with Gasteiger partial charge in [-0.2, -0.15) is 8.42 Å². The normalized spacial score (nSPS) is 19.7. The van der Waals surface area contributed by atoms with E-state index in [-0.39, 0.29) is 11.5 Å². The molecule has 0 aromatic heterocycles. The van der Waals surface area contributed by atoms with E-state index in [0.717, 1.165) is 6.26 Å². The average Bonchev–Trinajstić information content (AvgIpc) is 2.00. The first-order chi connectivity index (χ1) is 6.38. The number of hydrogen-bond donors (Lipinski definition) is 0. The predicted octanol–water partition coefficient (Wildman–Crippen LogP) is 0.736. The van der Waals surface area contributed by atoms with Gasteiger partial charge in [0, 0.05) is 6.08 Å². The first kappa shape index (κ1) is 11.1. The molecule has 1 aliphatic carbocycles. The van der Waals surface area contributed by atoms with E-state index in [1.165, 1.54) is 18.2 Å². The molecule has 0 aromatic carbocycles. The second-order valence-electron chi connectivity index (χ2n) is 2.48. The second-order valence-corrected chi connectivity index (χ2v) is 4.89. The van der Waals surface area contributed by atoms with Crippen LogP contribution >= 0.6 is 15.9 Å². The van der Waals surface area contributed by atoms with Crippen LogP contribution in [0.3, 0.4) is 0 Å². The smallest absolute Gasteiger partial charge is 0.290 e. The third kappa shape index (κ3) is 3.43. The van der Waals surface area contributed by atoms with Crippen molar-refractivity contribution >= 4 is 37.5 Å². The second kappa shape index (κ2) is 4.05. The molecule has 0 fully saturated rings. The Balaban J connectivity index is 2.86. The van der Waals surface area contributed by atoms with Crippen LogP contribution < -0.4 is 0 Å². The highest BCUT2D eigenvalue weighted by Crippen LogP contribution is 2.14. The van der Waals surface area contributed by atoms with Crippen LogP contribution in [0.15, 0.2) is 27.9 Å². The fourth-order valence-electron chi connectivity index (χ4n) is 0.670. The highest BCUT2D eigenvalue weighted by molar-refractivity contribution is 9.12. The molecule has 1 aliphatic rings. The topological polar surface area (TPSA) is 72.8 Å². The van der Waals surface area contributed by atoms with Gasteiger partial charge < -0.3 is 0 Å². The first-order valence-electron chi connectivity index (χ1n) is 3.45. The van der Waals surface area contributed by atoms with Crippen molar-refractivity contribution in [2.45, 2.75) is 0 Å². The van der Waals surface area contributed by atoms with Gasteiger partial charge in [0.1, 0.15) is 5.71 Å². The van der Waals surface area contributed by atoms with Gasteiger partial charge in [0.05, 0.1) is 10.7 Å². The van der Waals surface area contributed by atoms with Crippen molar-refractivity contribution in [1.82, 2.24) is 0 Å². The summed E-state index contributed by atoms with van der Waals surface area (Å²) in [6.45, 7) is 0. The van der Waals surface area contributed by atoms with Gasteiger partial charge in [0.25, 0.3) is 0 Å². The molecular weight excluding hydrogens is 274 g/mol. The molecule has 0 bridgehead atoms. The van der Waals surface area contributed by atoms with Gasteiger partial charge in [-0.15, -0.1) is 0 Å². The zero-order chi connectivity index (χ0) is 10.8. The molecule has 0 amide bonds. The summed E-state index contributed by atoms with van der Waals surface area (Å²) < 4.78 is 25.8. The Kier molecular flexibility index (Phi) is 3.22. The molecule has 0 aromatic rings. The minimum Gasteiger partial charge on any atom is -0.290 e. The summed E-state index contributed by atoms with van der Waals surface area (Å²) in [6, 6.07) is 0. The number of carbonyl (C=O) groups is 1. The molecule has 5 nitrogen and oxygen atoms in total. The number of rotatable bonds is 2. The number of halogens is 1. The number of allylic oxidation sites excluding steroid dienone is 4. The Morgan fingerprint density at radius 2 is 2.07 bits per heavy atom. The molecule has 1 rings (SSSR count). The molecule has 0 spiro atoms. The van der Waals surface area contributed by atoms with E-state index >= 15 is 0 Å². The number of nitrogens with zero attached hydrogens (tertiary/aromatic N) is 1. The standard InChI is InChI=1S/C7H6BrNO4S/c1-14(11,12)13-9-7-3-2-5(10)4-6(7)8/h2-4H,1H3. The maximum atomic E-state index is 10.8. The van der Waals surface area contributed by atoms with Gasteiger partial charge >= 0.3 is 10.1 Å². The van der Waals surface area contributed by atoms with Crippen LogP contribution in [0, 0.1) is 0 Å². The van der Waals surface area contributed by atoms with Gasteiger partial charge in [0.15, 0.2) is 5.78 Å².